The molecule has 1 aliphatic heterocycles. The molecule has 32 heavy (non-hydrogen) atoms. The van der Waals surface area contributed by atoms with E-state index in [0.717, 1.165) is 35.2 Å². The Balaban J connectivity index is 1.51. The van der Waals surface area contributed by atoms with Gasteiger partial charge in [0.1, 0.15) is 12.4 Å². The van der Waals surface area contributed by atoms with Crippen LogP contribution in [0.1, 0.15) is 42.0 Å². The first-order chi connectivity index (χ1) is 15.6. The molecule has 0 N–H and O–H groups in total. The van der Waals surface area contributed by atoms with Crippen LogP contribution in [0.2, 0.25) is 0 Å². The van der Waals surface area contributed by atoms with Crippen molar-refractivity contribution in [2.24, 2.45) is 0 Å². The molecule has 1 fully saturated rings. The van der Waals surface area contributed by atoms with Gasteiger partial charge < -0.3 is 14.4 Å². The minimum absolute atomic E-state index is 0.0576. The normalized spacial score (nSPS) is 18.2. The SMILES string of the molecule is COc1ccc2c(c1)C(CC(=O)OCc1ccccc1)N(c1ccccc1)C(=O)C21CC1. The summed E-state index contributed by atoms with van der Waals surface area (Å²) in [5.74, 6) is 0.430. The summed E-state index contributed by atoms with van der Waals surface area (Å²) < 4.78 is 11.1. The fraction of sp³-hybridized carbons (Fsp3) is 0.259. The number of carbonyl (C=O) groups excluding carboxylic acids is 2. The monoisotopic (exact) mass is 427 g/mol. The van der Waals surface area contributed by atoms with Gasteiger partial charge in [0, 0.05) is 5.69 Å². The van der Waals surface area contributed by atoms with Crippen molar-refractivity contribution in [3.05, 3.63) is 95.6 Å². The maximum Gasteiger partial charge on any atom is 0.308 e. The van der Waals surface area contributed by atoms with Crippen LogP contribution in [0, 0.1) is 0 Å². The van der Waals surface area contributed by atoms with Crippen LogP contribution in [-0.2, 0) is 26.3 Å². The first kappa shape index (κ1) is 20.3. The number of benzene rings is 3. The lowest BCUT2D eigenvalue weighted by Crippen LogP contribution is -2.47. The summed E-state index contributed by atoms with van der Waals surface area (Å²) in [7, 11) is 1.63. The van der Waals surface area contributed by atoms with E-state index in [4.69, 9.17) is 9.47 Å². The molecule has 1 atom stereocenters. The van der Waals surface area contributed by atoms with Crippen molar-refractivity contribution in [1.29, 1.82) is 0 Å². The number of hydrogen-bond acceptors (Lipinski definition) is 4. The molecule has 5 heteroatoms. The zero-order valence-corrected chi connectivity index (χ0v) is 18.0. The van der Waals surface area contributed by atoms with Crippen molar-refractivity contribution in [2.75, 3.05) is 12.0 Å². The summed E-state index contributed by atoms with van der Waals surface area (Å²) in [4.78, 5) is 28.4. The molecule has 2 aliphatic rings. The van der Waals surface area contributed by atoms with Crippen LogP contribution < -0.4 is 9.64 Å². The number of hydrogen-bond donors (Lipinski definition) is 0. The van der Waals surface area contributed by atoms with Crippen molar-refractivity contribution >= 4 is 17.6 Å². The molecule has 1 aliphatic carbocycles. The van der Waals surface area contributed by atoms with Crippen LogP contribution >= 0.6 is 0 Å². The number of nitrogens with zero attached hydrogens (tertiary/aromatic N) is 1. The van der Waals surface area contributed by atoms with E-state index in [1.54, 1.807) is 12.0 Å². The van der Waals surface area contributed by atoms with Crippen LogP contribution in [0.15, 0.2) is 78.9 Å². The smallest absolute Gasteiger partial charge is 0.308 e. The average molecular weight is 428 g/mol. The third kappa shape index (κ3) is 3.54. The topological polar surface area (TPSA) is 55.8 Å². The predicted molar refractivity (Wildman–Crippen MR) is 121 cm³/mol. The highest BCUT2D eigenvalue weighted by Crippen LogP contribution is 2.57. The second-order valence-corrected chi connectivity index (χ2v) is 8.41. The molecule has 0 radical (unpaired) electrons. The van der Waals surface area contributed by atoms with Crippen molar-refractivity contribution in [1.82, 2.24) is 0 Å². The standard InChI is InChI=1S/C27H25NO4/c1-31-21-12-13-23-22(16-21)24(17-25(29)32-18-19-8-4-2-5-9-19)28(20-10-6-3-7-11-20)26(30)27(23)14-15-27/h2-13,16,24H,14-15,17-18H2,1H3. The molecule has 0 aromatic heterocycles. The second-order valence-electron chi connectivity index (χ2n) is 8.41. The third-order valence-electron chi connectivity index (χ3n) is 6.46. The Labute approximate surface area is 187 Å². The van der Waals surface area contributed by atoms with Crippen molar-refractivity contribution < 1.29 is 19.1 Å². The molecule has 5 rings (SSSR count). The Morgan fingerprint density at radius 3 is 2.34 bits per heavy atom. The zero-order valence-electron chi connectivity index (χ0n) is 18.0. The number of methoxy groups -OCH3 is 1. The molecular formula is C27H25NO4. The van der Waals surface area contributed by atoms with Gasteiger partial charge in [0.2, 0.25) is 5.91 Å². The third-order valence-corrected chi connectivity index (χ3v) is 6.46. The Kier molecular flexibility index (Phi) is 5.17. The number of para-hydroxylation sites is 1. The van der Waals surface area contributed by atoms with Crippen LogP contribution in [-0.4, -0.2) is 19.0 Å². The number of ether oxygens (including phenoxy) is 2. The van der Waals surface area contributed by atoms with Crippen molar-refractivity contribution in [3.63, 3.8) is 0 Å². The maximum absolute atomic E-state index is 13.7. The molecule has 1 amide bonds. The van der Waals surface area contributed by atoms with E-state index >= 15 is 0 Å². The summed E-state index contributed by atoms with van der Waals surface area (Å²) >= 11 is 0. The highest BCUT2D eigenvalue weighted by Gasteiger charge is 2.59. The Bertz CT molecular complexity index is 1140. The Morgan fingerprint density at radius 2 is 1.69 bits per heavy atom. The zero-order chi connectivity index (χ0) is 22.1. The number of esters is 1. The van der Waals surface area contributed by atoms with Gasteiger partial charge >= 0.3 is 5.97 Å². The molecule has 0 bridgehead atoms. The van der Waals surface area contributed by atoms with E-state index in [9.17, 15) is 9.59 Å². The van der Waals surface area contributed by atoms with Crippen LogP contribution in [0.3, 0.4) is 0 Å². The van der Waals surface area contributed by atoms with Crippen LogP contribution in [0.4, 0.5) is 5.69 Å². The Hall–Kier alpha value is -3.60. The summed E-state index contributed by atoms with van der Waals surface area (Å²) in [6, 6.07) is 24.6. The van der Waals surface area contributed by atoms with Gasteiger partial charge in [-0.2, -0.15) is 0 Å². The van der Waals surface area contributed by atoms with E-state index in [2.05, 4.69) is 0 Å². The van der Waals surface area contributed by atoms with Gasteiger partial charge in [0.15, 0.2) is 0 Å². The lowest BCUT2D eigenvalue weighted by atomic mass is 9.80. The van der Waals surface area contributed by atoms with Crippen molar-refractivity contribution in [3.8, 4) is 5.75 Å². The summed E-state index contributed by atoms with van der Waals surface area (Å²) in [6.07, 6.45) is 1.71. The number of carbonyl (C=O) groups is 2. The van der Waals surface area contributed by atoms with E-state index in [-0.39, 0.29) is 24.9 Å². The van der Waals surface area contributed by atoms with Gasteiger partial charge in [-0.1, -0.05) is 54.6 Å². The van der Waals surface area contributed by atoms with Gasteiger partial charge in [0.25, 0.3) is 0 Å². The van der Waals surface area contributed by atoms with E-state index < -0.39 is 11.5 Å². The summed E-state index contributed by atoms with van der Waals surface area (Å²) in [5, 5.41) is 0. The molecule has 1 heterocycles. The van der Waals surface area contributed by atoms with Gasteiger partial charge in [-0.3, -0.25) is 9.59 Å². The lowest BCUT2D eigenvalue weighted by molar-refractivity contribution is -0.145. The van der Waals surface area contributed by atoms with E-state index in [1.807, 2.05) is 78.9 Å². The van der Waals surface area contributed by atoms with Crippen LogP contribution in [0.25, 0.3) is 0 Å². The van der Waals surface area contributed by atoms with Gasteiger partial charge in [-0.15, -0.1) is 0 Å². The highest BCUT2D eigenvalue weighted by atomic mass is 16.5. The molecule has 1 unspecified atom stereocenters. The van der Waals surface area contributed by atoms with Gasteiger partial charge in [-0.25, -0.2) is 0 Å². The predicted octanol–water partition coefficient (Wildman–Crippen LogP) is 4.95. The van der Waals surface area contributed by atoms with Crippen LogP contribution in [0.5, 0.6) is 5.75 Å². The molecule has 5 nitrogen and oxygen atoms in total. The van der Waals surface area contributed by atoms with E-state index in [0.29, 0.717) is 5.75 Å². The minimum atomic E-state index is -0.498. The molecule has 0 saturated heterocycles. The highest BCUT2D eigenvalue weighted by molar-refractivity contribution is 6.06. The number of fused-ring (bicyclic) bond motifs is 2. The number of amides is 1. The lowest BCUT2D eigenvalue weighted by Gasteiger charge is -2.41. The quantitative estimate of drug-likeness (QED) is 0.523. The summed E-state index contributed by atoms with van der Waals surface area (Å²) in [5.41, 5.74) is 3.19. The number of anilines is 1. The molecule has 1 saturated carbocycles. The van der Waals surface area contributed by atoms with Gasteiger partial charge in [-0.05, 0) is 53.8 Å². The van der Waals surface area contributed by atoms with E-state index in [1.165, 1.54) is 0 Å². The number of rotatable bonds is 6. The molecule has 162 valence electrons. The maximum atomic E-state index is 13.7. The largest absolute Gasteiger partial charge is 0.497 e. The first-order valence-electron chi connectivity index (χ1n) is 10.9. The molecule has 3 aromatic rings. The average Bonchev–Trinajstić information content (AvgIpc) is 3.64. The molecule has 1 spiro atoms. The molecular weight excluding hydrogens is 402 g/mol. The fourth-order valence-corrected chi connectivity index (χ4v) is 4.66. The first-order valence-corrected chi connectivity index (χ1v) is 10.9. The second kappa shape index (κ2) is 8.15. The van der Waals surface area contributed by atoms with Crippen molar-refractivity contribution in [2.45, 2.75) is 37.3 Å². The fourth-order valence-electron chi connectivity index (χ4n) is 4.66. The van der Waals surface area contributed by atoms with Gasteiger partial charge in [0.05, 0.1) is 25.0 Å². The molecule has 3 aromatic carbocycles. The summed E-state index contributed by atoms with van der Waals surface area (Å²) in [6.45, 7) is 0.209. The Morgan fingerprint density at radius 1 is 1.00 bits per heavy atom. The minimum Gasteiger partial charge on any atom is -0.497 e.